The Bertz CT molecular complexity index is 817. The first-order valence-electron chi connectivity index (χ1n) is 5.90. The molecule has 1 aromatic carbocycles. The monoisotopic (exact) mass is 347 g/mol. The van der Waals surface area contributed by atoms with Crippen molar-refractivity contribution in [2.45, 2.75) is 0 Å². The number of halogens is 1. The highest BCUT2D eigenvalue weighted by molar-refractivity contribution is 9.10. The molecule has 0 saturated carbocycles. The summed E-state index contributed by atoms with van der Waals surface area (Å²) >= 11 is 4.80. The van der Waals surface area contributed by atoms with Gasteiger partial charge in [-0.3, -0.25) is 4.79 Å². The van der Waals surface area contributed by atoms with Gasteiger partial charge in [0.25, 0.3) is 5.56 Å². The van der Waals surface area contributed by atoms with E-state index in [0.717, 1.165) is 10.2 Å². The van der Waals surface area contributed by atoms with Gasteiger partial charge in [0.15, 0.2) is 5.13 Å². The molecule has 100 valence electrons. The van der Waals surface area contributed by atoms with E-state index in [1.807, 2.05) is 36.2 Å². The van der Waals surface area contributed by atoms with Gasteiger partial charge >= 0.3 is 0 Å². The van der Waals surface area contributed by atoms with Crippen LogP contribution in [0.15, 0.2) is 51.9 Å². The molecule has 0 N–H and O–H groups in total. The Labute approximate surface area is 127 Å². The fourth-order valence-corrected chi connectivity index (χ4v) is 3.00. The molecule has 20 heavy (non-hydrogen) atoms. The van der Waals surface area contributed by atoms with Crippen LogP contribution in [-0.4, -0.2) is 17.0 Å². The van der Waals surface area contributed by atoms with E-state index in [9.17, 15) is 4.79 Å². The van der Waals surface area contributed by atoms with E-state index in [0.29, 0.717) is 15.3 Å². The first-order chi connectivity index (χ1) is 9.65. The molecular weight excluding hydrogens is 338 g/mol. The van der Waals surface area contributed by atoms with Gasteiger partial charge in [-0.2, -0.15) is 4.98 Å². The van der Waals surface area contributed by atoms with Gasteiger partial charge in [0.05, 0.1) is 5.39 Å². The average molecular weight is 348 g/mol. The fraction of sp³-hybridized carbons (Fsp3) is 0.0714. The highest BCUT2D eigenvalue weighted by Gasteiger charge is 2.10. The second-order valence-electron chi connectivity index (χ2n) is 4.19. The minimum Gasteiger partial charge on any atom is -0.321 e. The molecule has 0 aliphatic rings. The molecule has 6 heteroatoms. The standard InChI is InChI=1S/C14H10BrN3OS/c1-18(10-6-4-9(15)5-7-10)14-17-12(19)11-3-2-8-16-13(11)20-14/h2-8H,1H3. The molecule has 0 atom stereocenters. The highest BCUT2D eigenvalue weighted by Crippen LogP contribution is 2.28. The first-order valence-corrected chi connectivity index (χ1v) is 7.51. The van der Waals surface area contributed by atoms with Crippen molar-refractivity contribution in [3.8, 4) is 0 Å². The topological polar surface area (TPSA) is 46.1 Å². The number of nitrogens with zero attached hydrogens (tertiary/aromatic N) is 3. The number of aromatic nitrogens is 2. The summed E-state index contributed by atoms with van der Waals surface area (Å²) < 4.78 is 1.01. The molecule has 0 fully saturated rings. The number of fused-ring (bicyclic) bond motifs is 1. The van der Waals surface area contributed by atoms with E-state index in [-0.39, 0.29) is 5.56 Å². The van der Waals surface area contributed by atoms with E-state index in [1.54, 1.807) is 18.3 Å². The summed E-state index contributed by atoms with van der Waals surface area (Å²) in [5, 5.41) is 1.19. The zero-order valence-electron chi connectivity index (χ0n) is 10.6. The Morgan fingerprint density at radius 2 is 1.95 bits per heavy atom. The Morgan fingerprint density at radius 1 is 1.20 bits per heavy atom. The van der Waals surface area contributed by atoms with Crippen LogP contribution in [0.4, 0.5) is 10.8 Å². The lowest BCUT2D eigenvalue weighted by Crippen LogP contribution is -2.15. The van der Waals surface area contributed by atoms with Crippen molar-refractivity contribution in [1.29, 1.82) is 0 Å². The summed E-state index contributed by atoms with van der Waals surface area (Å²) in [6.07, 6.45) is 1.68. The second kappa shape index (κ2) is 5.30. The zero-order valence-corrected chi connectivity index (χ0v) is 13.0. The number of rotatable bonds is 2. The molecule has 0 unspecified atom stereocenters. The van der Waals surface area contributed by atoms with Crippen LogP contribution < -0.4 is 10.5 Å². The van der Waals surface area contributed by atoms with Crippen LogP contribution in [0.3, 0.4) is 0 Å². The van der Waals surface area contributed by atoms with Crippen LogP contribution in [0.5, 0.6) is 0 Å². The highest BCUT2D eigenvalue weighted by atomic mass is 79.9. The molecular formula is C14H10BrN3OS. The Hall–Kier alpha value is -1.79. The molecule has 2 heterocycles. The SMILES string of the molecule is CN(c1ccc(Br)cc1)c1nc(=O)c2cccnc2s1. The number of hydrogen-bond donors (Lipinski definition) is 0. The van der Waals surface area contributed by atoms with Gasteiger partial charge in [0.2, 0.25) is 0 Å². The van der Waals surface area contributed by atoms with Gasteiger partial charge in [-0.1, -0.05) is 27.3 Å². The van der Waals surface area contributed by atoms with Crippen molar-refractivity contribution in [2.75, 3.05) is 11.9 Å². The largest absolute Gasteiger partial charge is 0.321 e. The Morgan fingerprint density at radius 3 is 2.70 bits per heavy atom. The molecule has 0 aliphatic heterocycles. The van der Waals surface area contributed by atoms with E-state index in [1.165, 1.54) is 11.3 Å². The number of anilines is 2. The van der Waals surface area contributed by atoms with Crippen molar-refractivity contribution in [2.24, 2.45) is 0 Å². The van der Waals surface area contributed by atoms with Crippen LogP contribution in [0, 0.1) is 0 Å². The van der Waals surface area contributed by atoms with Crippen molar-refractivity contribution >= 4 is 48.3 Å². The molecule has 0 bridgehead atoms. The second-order valence-corrected chi connectivity index (χ2v) is 6.06. The smallest absolute Gasteiger partial charge is 0.282 e. The summed E-state index contributed by atoms with van der Waals surface area (Å²) in [6, 6.07) is 11.3. The van der Waals surface area contributed by atoms with Crippen molar-refractivity contribution in [3.05, 3.63) is 57.4 Å². The molecule has 3 rings (SSSR count). The number of benzene rings is 1. The van der Waals surface area contributed by atoms with Crippen LogP contribution >= 0.6 is 27.3 Å². The molecule has 3 aromatic rings. The predicted molar refractivity (Wildman–Crippen MR) is 85.9 cm³/mol. The van der Waals surface area contributed by atoms with Gasteiger partial charge in [-0.25, -0.2) is 4.98 Å². The maximum absolute atomic E-state index is 12.0. The molecule has 0 radical (unpaired) electrons. The van der Waals surface area contributed by atoms with Gasteiger partial charge in [-0.05, 0) is 36.4 Å². The first kappa shape index (κ1) is 13.2. The van der Waals surface area contributed by atoms with Gasteiger partial charge in [0.1, 0.15) is 4.83 Å². The maximum Gasteiger partial charge on any atom is 0.282 e. The minimum atomic E-state index is -0.245. The lowest BCUT2D eigenvalue weighted by molar-refractivity contribution is 1.14. The summed E-state index contributed by atoms with van der Waals surface area (Å²) in [6.45, 7) is 0. The summed E-state index contributed by atoms with van der Waals surface area (Å²) in [4.78, 5) is 23.0. The Kier molecular flexibility index (Phi) is 3.50. The van der Waals surface area contributed by atoms with E-state index < -0.39 is 0 Å². The normalized spacial score (nSPS) is 10.7. The van der Waals surface area contributed by atoms with Crippen molar-refractivity contribution in [3.63, 3.8) is 0 Å². The van der Waals surface area contributed by atoms with Gasteiger partial charge in [0, 0.05) is 23.4 Å². The molecule has 2 aromatic heterocycles. The van der Waals surface area contributed by atoms with Crippen LogP contribution in [0.1, 0.15) is 0 Å². The third kappa shape index (κ3) is 2.44. The van der Waals surface area contributed by atoms with Gasteiger partial charge < -0.3 is 4.90 Å². The average Bonchev–Trinajstić information content (AvgIpc) is 2.47. The quantitative estimate of drug-likeness (QED) is 0.710. The van der Waals surface area contributed by atoms with E-state index in [2.05, 4.69) is 25.9 Å². The number of pyridine rings is 1. The lowest BCUT2D eigenvalue weighted by Gasteiger charge is -2.17. The molecule has 0 spiro atoms. The van der Waals surface area contributed by atoms with Crippen molar-refractivity contribution < 1.29 is 0 Å². The van der Waals surface area contributed by atoms with E-state index in [4.69, 9.17) is 0 Å². The molecule has 0 amide bonds. The van der Waals surface area contributed by atoms with Gasteiger partial charge in [-0.15, -0.1) is 0 Å². The summed E-state index contributed by atoms with van der Waals surface area (Å²) in [5.74, 6) is 0. The third-order valence-corrected chi connectivity index (χ3v) is 4.48. The van der Waals surface area contributed by atoms with Crippen molar-refractivity contribution in [1.82, 2.24) is 9.97 Å². The fourth-order valence-electron chi connectivity index (χ4n) is 1.81. The molecule has 0 saturated heterocycles. The summed E-state index contributed by atoms with van der Waals surface area (Å²) in [5.41, 5.74) is 0.720. The summed E-state index contributed by atoms with van der Waals surface area (Å²) in [7, 11) is 1.89. The third-order valence-electron chi connectivity index (χ3n) is 2.89. The van der Waals surface area contributed by atoms with Crippen LogP contribution in [0.2, 0.25) is 0 Å². The minimum absolute atomic E-state index is 0.245. The predicted octanol–water partition coefficient (Wildman–Crippen LogP) is 3.58. The zero-order chi connectivity index (χ0) is 14.1. The number of hydrogen-bond acceptors (Lipinski definition) is 5. The lowest BCUT2D eigenvalue weighted by atomic mass is 10.3. The van der Waals surface area contributed by atoms with Crippen LogP contribution in [0.25, 0.3) is 10.2 Å². The Balaban J connectivity index is 2.10. The van der Waals surface area contributed by atoms with Crippen LogP contribution in [-0.2, 0) is 0 Å². The molecule has 0 aliphatic carbocycles. The van der Waals surface area contributed by atoms with E-state index >= 15 is 0 Å². The maximum atomic E-state index is 12.0. The molecule has 4 nitrogen and oxygen atoms in total.